The molecule has 186 valence electrons. The van der Waals surface area contributed by atoms with Crippen LogP contribution in [0, 0.1) is 17.6 Å². The summed E-state index contributed by atoms with van der Waals surface area (Å²) in [5.74, 6) is -0.451. The zero-order valence-electron chi connectivity index (χ0n) is 20.6. The van der Waals surface area contributed by atoms with E-state index in [-0.39, 0.29) is 17.3 Å². The van der Waals surface area contributed by atoms with Crippen LogP contribution in [0.25, 0.3) is 11.4 Å². The molecule has 35 heavy (non-hydrogen) atoms. The van der Waals surface area contributed by atoms with Crippen LogP contribution in [0.4, 0.5) is 25.0 Å². The van der Waals surface area contributed by atoms with E-state index in [1.54, 1.807) is 38.1 Å². The topological polar surface area (TPSA) is 118 Å². The van der Waals surface area contributed by atoms with Gasteiger partial charge in [0.25, 0.3) is 0 Å². The summed E-state index contributed by atoms with van der Waals surface area (Å²) < 4.78 is 29.3. The number of carbonyl (C=O) groups excluding carboxylic acids is 1. The summed E-state index contributed by atoms with van der Waals surface area (Å²) in [4.78, 5) is 21.0. The van der Waals surface area contributed by atoms with Gasteiger partial charge in [0.15, 0.2) is 0 Å². The number of hydrogen-bond acceptors (Lipinski definition) is 3. The van der Waals surface area contributed by atoms with Gasteiger partial charge in [0, 0.05) is 23.5 Å². The van der Waals surface area contributed by atoms with Crippen molar-refractivity contribution in [3.8, 4) is 0 Å². The molecule has 0 aliphatic rings. The van der Waals surface area contributed by atoms with Crippen molar-refractivity contribution in [1.29, 1.82) is 0 Å². The van der Waals surface area contributed by atoms with Gasteiger partial charge < -0.3 is 22.1 Å². The second-order valence-electron chi connectivity index (χ2n) is 7.96. The number of halogens is 2. The molecule has 0 saturated heterocycles. The highest BCUT2D eigenvalue weighted by molar-refractivity contribution is 6.00. The van der Waals surface area contributed by atoms with E-state index in [0.717, 1.165) is 0 Å². The Kier molecular flexibility index (Phi) is 9.69. The maximum atomic E-state index is 14.7. The van der Waals surface area contributed by atoms with E-state index in [1.807, 2.05) is 20.8 Å². The number of hydrogen-bond donors (Lipinski definition) is 4. The molecule has 7 nitrogen and oxygen atoms in total. The summed E-state index contributed by atoms with van der Waals surface area (Å²) in [5.41, 5.74) is 13.6. The molecule has 0 atom stereocenters. The molecule has 0 aliphatic carbocycles. The summed E-state index contributed by atoms with van der Waals surface area (Å²) in [5, 5.41) is 4.78. The van der Waals surface area contributed by atoms with Gasteiger partial charge >= 0.3 is 6.03 Å². The molecule has 0 spiro atoms. The lowest BCUT2D eigenvalue weighted by Gasteiger charge is -2.12. The van der Waals surface area contributed by atoms with E-state index in [9.17, 15) is 13.6 Å². The molecule has 0 unspecified atom stereocenters. The highest BCUT2D eigenvalue weighted by Gasteiger charge is 2.13. The van der Waals surface area contributed by atoms with E-state index < -0.39 is 17.7 Å². The van der Waals surface area contributed by atoms with Crippen molar-refractivity contribution in [2.24, 2.45) is 27.4 Å². The Hall–Kier alpha value is -4.01. The molecule has 0 aliphatic heterocycles. The summed E-state index contributed by atoms with van der Waals surface area (Å²) in [6, 6.07) is 7.73. The highest BCUT2D eigenvalue weighted by atomic mass is 19.1. The fraction of sp³-hybridized carbons (Fsp3) is 0.269. The fourth-order valence-electron chi connectivity index (χ4n) is 2.92. The number of amidine groups is 2. The molecule has 9 heteroatoms. The third-order valence-corrected chi connectivity index (χ3v) is 5.04. The van der Waals surface area contributed by atoms with Crippen LogP contribution in [0.1, 0.15) is 52.2 Å². The maximum absolute atomic E-state index is 14.7. The number of nitrogens with one attached hydrogen (secondary N) is 2. The zero-order valence-corrected chi connectivity index (χ0v) is 20.6. The minimum Gasteiger partial charge on any atom is -0.387 e. The molecule has 2 aromatic carbocycles. The van der Waals surface area contributed by atoms with Crippen LogP contribution in [0.3, 0.4) is 0 Å². The van der Waals surface area contributed by atoms with Gasteiger partial charge in [-0.25, -0.2) is 23.6 Å². The van der Waals surface area contributed by atoms with Gasteiger partial charge in [-0.2, -0.15) is 0 Å². The van der Waals surface area contributed by atoms with Crippen LogP contribution >= 0.6 is 0 Å². The molecular weight excluding hydrogens is 450 g/mol. The van der Waals surface area contributed by atoms with Crippen LogP contribution in [-0.2, 0) is 0 Å². The highest BCUT2D eigenvalue weighted by Crippen LogP contribution is 2.25. The summed E-state index contributed by atoms with van der Waals surface area (Å²) in [6.45, 7) is 9.22. The first kappa shape index (κ1) is 27.2. The van der Waals surface area contributed by atoms with Crippen molar-refractivity contribution >= 4 is 40.5 Å². The Morgan fingerprint density at radius 1 is 0.914 bits per heavy atom. The van der Waals surface area contributed by atoms with Crippen LogP contribution in [0.5, 0.6) is 0 Å². The van der Waals surface area contributed by atoms with E-state index in [4.69, 9.17) is 11.5 Å². The number of benzene rings is 2. The number of aliphatic imine (C=N–C) groups is 2. The van der Waals surface area contributed by atoms with Crippen LogP contribution < -0.4 is 22.1 Å². The first-order valence-corrected chi connectivity index (χ1v) is 11.3. The third-order valence-electron chi connectivity index (χ3n) is 5.04. The molecule has 0 heterocycles. The SMILES string of the molecule is C/C=C(\N=C(N)CC)c1ccc(NC(=O)Nc2ccc(/C(=C/C)N=C(N)C(C)C)cc2F)c(F)c1. The van der Waals surface area contributed by atoms with Gasteiger partial charge in [-0.1, -0.05) is 45.1 Å². The Bertz CT molecular complexity index is 1200. The molecule has 2 amide bonds. The number of nitrogens with two attached hydrogens (primary N) is 2. The number of allylic oxidation sites excluding steroid dienone is 2. The molecule has 0 saturated carbocycles. The Labute approximate surface area is 204 Å². The Morgan fingerprint density at radius 3 is 1.74 bits per heavy atom. The second kappa shape index (κ2) is 12.5. The summed E-state index contributed by atoms with van der Waals surface area (Å²) >= 11 is 0. The molecule has 2 aromatic rings. The van der Waals surface area contributed by atoms with Crippen molar-refractivity contribution < 1.29 is 13.6 Å². The first-order valence-electron chi connectivity index (χ1n) is 11.3. The molecular formula is C26H32F2N6O. The molecule has 0 radical (unpaired) electrons. The lowest BCUT2D eigenvalue weighted by atomic mass is 10.1. The van der Waals surface area contributed by atoms with E-state index in [2.05, 4.69) is 20.6 Å². The normalized spacial score (nSPS) is 13.3. The van der Waals surface area contributed by atoms with Crippen LogP contribution in [0.2, 0.25) is 0 Å². The minimum atomic E-state index is -0.795. The van der Waals surface area contributed by atoms with Gasteiger partial charge in [-0.15, -0.1) is 0 Å². The third kappa shape index (κ3) is 7.49. The van der Waals surface area contributed by atoms with Crippen molar-refractivity contribution in [3.63, 3.8) is 0 Å². The maximum Gasteiger partial charge on any atom is 0.323 e. The van der Waals surface area contributed by atoms with Crippen LogP contribution in [0.15, 0.2) is 58.5 Å². The minimum absolute atomic E-state index is 0.0423. The van der Waals surface area contributed by atoms with Gasteiger partial charge in [0.05, 0.1) is 28.6 Å². The van der Waals surface area contributed by atoms with E-state index >= 15 is 0 Å². The van der Waals surface area contributed by atoms with Gasteiger partial charge in [0.1, 0.15) is 17.5 Å². The van der Waals surface area contributed by atoms with Crippen molar-refractivity contribution in [1.82, 2.24) is 0 Å². The number of anilines is 2. The predicted molar refractivity (Wildman–Crippen MR) is 141 cm³/mol. The lowest BCUT2D eigenvalue weighted by molar-refractivity contribution is 0.262. The van der Waals surface area contributed by atoms with E-state index in [0.29, 0.717) is 40.6 Å². The quantitative estimate of drug-likeness (QED) is 0.268. The number of urea groups is 1. The second-order valence-corrected chi connectivity index (χ2v) is 7.96. The van der Waals surface area contributed by atoms with Crippen molar-refractivity contribution in [2.75, 3.05) is 10.6 Å². The average molecular weight is 483 g/mol. The van der Waals surface area contributed by atoms with Gasteiger partial charge in [0.2, 0.25) is 0 Å². The predicted octanol–water partition coefficient (Wildman–Crippen LogP) is 6.11. The lowest BCUT2D eigenvalue weighted by Crippen LogP contribution is -2.21. The zero-order chi connectivity index (χ0) is 26.1. The number of amides is 2. The van der Waals surface area contributed by atoms with Crippen molar-refractivity contribution in [2.45, 2.75) is 41.0 Å². The number of rotatable bonds is 8. The summed E-state index contributed by atoms with van der Waals surface area (Å²) in [7, 11) is 0. The van der Waals surface area contributed by atoms with Gasteiger partial charge in [-0.3, -0.25) is 0 Å². The first-order chi connectivity index (χ1) is 16.6. The number of nitrogens with zero attached hydrogens (tertiary/aromatic N) is 2. The Morgan fingerprint density at radius 2 is 1.37 bits per heavy atom. The molecule has 6 N–H and O–H groups in total. The largest absolute Gasteiger partial charge is 0.387 e. The average Bonchev–Trinajstić information content (AvgIpc) is 2.83. The molecule has 2 rings (SSSR count). The Balaban J connectivity index is 2.16. The van der Waals surface area contributed by atoms with Crippen LogP contribution in [-0.4, -0.2) is 17.7 Å². The van der Waals surface area contributed by atoms with Crippen molar-refractivity contribution in [3.05, 3.63) is 71.3 Å². The fourth-order valence-corrected chi connectivity index (χ4v) is 2.92. The van der Waals surface area contributed by atoms with Gasteiger partial charge in [-0.05, 0) is 38.1 Å². The molecule has 0 bridgehead atoms. The molecule has 0 aromatic heterocycles. The molecule has 0 fully saturated rings. The summed E-state index contributed by atoms with van der Waals surface area (Å²) in [6.07, 6.45) is 3.99. The number of carbonyl (C=O) groups is 1. The smallest absolute Gasteiger partial charge is 0.323 e. The monoisotopic (exact) mass is 482 g/mol. The van der Waals surface area contributed by atoms with E-state index in [1.165, 1.54) is 24.3 Å². The standard InChI is InChI=1S/C26H32F2N6O/c1-6-20(31-24(29)8-3)16-9-11-22(18(27)13-16)33-26(35)34-23-12-10-17(14-19(23)28)21(7-2)32-25(30)15(4)5/h6-7,9-15H,8H2,1-5H3,(H2,29,31)(H2,30,32)(H2,33,34,35)/b20-6-,21-7-.